The monoisotopic (exact) mass is 769 g/mol. The summed E-state index contributed by atoms with van der Waals surface area (Å²) >= 11 is 0. The first kappa shape index (κ1) is 39.7. The van der Waals surface area contributed by atoms with Gasteiger partial charge in [-0.2, -0.15) is 18.2 Å². The van der Waals surface area contributed by atoms with Gasteiger partial charge in [0.15, 0.2) is 5.96 Å². The van der Waals surface area contributed by atoms with Crippen LogP contribution in [0.4, 0.5) is 13.2 Å². The zero-order valence-electron chi connectivity index (χ0n) is 31.3. The lowest BCUT2D eigenvalue weighted by atomic mass is 9.99. The second kappa shape index (κ2) is 17.6. The normalized spacial score (nSPS) is 12.8. The Hall–Kier alpha value is -6.00. The highest BCUT2D eigenvalue weighted by Gasteiger charge is 2.31. The zero-order valence-corrected chi connectivity index (χ0v) is 31.3. The van der Waals surface area contributed by atoms with E-state index in [1.54, 1.807) is 30.1 Å². The molecule has 16 heteroatoms. The highest BCUT2D eigenvalue weighted by atomic mass is 19.4. The van der Waals surface area contributed by atoms with Gasteiger partial charge in [-0.05, 0) is 110 Å². The summed E-state index contributed by atoms with van der Waals surface area (Å²) in [6.07, 6.45) is 2.08. The Morgan fingerprint density at radius 1 is 1.00 bits per heavy atom. The van der Waals surface area contributed by atoms with Crippen molar-refractivity contribution in [3.8, 4) is 22.7 Å². The van der Waals surface area contributed by atoms with Crippen molar-refractivity contribution in [2.75, 3.05) is 20.2 Å². The summed E-state index contributed by atoms with van der Waals surface area (Å²) in [4.78, 5) is 24.6. The van der Waals surface area contributed by atoms with Crippen LogP contribution in [0.2, 0.25) is 0 Å². The van der Waals surface area contributed by atoms with Gasteiger partial charge in [0.25, 0.3) is 0 Å². The summed E-state index contributed by atoms with van der Waals surface area (Å²) in [5.41, 5.74) is 20.5. The van der Waals surface area contributed by atoms with Crippen LogP contribution in [-0.2, 0) is 25.6 Å². The van der Waals surface area contributed by atoms with Crippen LogP contribution in [0.15, 0.2) is 95.0 Å². The number of guanidine groups is 1. The molecule has 0 radical (unpaired) electrons. The van der Waals surface area contributed by atoms with Crippen molar-refractivity contribution < 1.29 is 17.9 Å². The van der Waals surface area contributed by atoms with E-state index in [-0.39, 0.29) is 23.7 Å². The Balaban J connectivity index is 1.22. The number of aryl methyl sites for hydroxylation is 1. The van der Waals surface area contributed by atoms with Crippen LogP contribution < -0.4 is 32.9 Å². The maximum atomic E-state index is 13.9. The van der Waals surface area contributed by atoms with E-state index in [9.17, 15) is 18.0 Å². The largest absolute Gasteiger partial charge is 0.497 e. The molecule has 3 aromatic heterocycles. The molecule has 0 saturated heterocycles. The van der Waals surface area contributed by atoms with Crippen molar-refractivity contribution in [3.63, 3.8) is 0 Å². The third-order valence-corrected chi connectivity index (χ3v) is 9.36. The topological polar surface area (TPSA) is 193 Å². The summed E-state index contributed by atoms with van der Waals surface area (Å²) in [5, 5.41) is 12.9. The SMILES string of the molecule is COc1ccc(Cn2cc(C[C@H](NCCCN=C(N)N)c3ccc(-n4cc5cc(-c6cc(CCC[C@H](C)N)cc(C(F)(F)F)c6)[nH]c5nc4=O)cc3)nn2)cc1. The van der Waals surface area contributed by atoms with Gasteiger partial charge >= 0.3 is 11.9 Å². The second-order valence-corrected chi connectivity index (χ2v) is 13.9. The number of benzene rings is 3. The lowest BCUT2D eigenvalue weighted by molar-refractivity contribution is -0.137. The molecule has 13 nitrogen and oxygen atoms in total. The molecule has 0 saturated carbocycles. The number of methoxy groups -OCH3 is 1. The molecule has 3 heterocycles. The second-order valence-electron chi connectivity index (χ2n) is 13.9. The lowest BCUT2D eigenvalue weighted by Crippen LogP contribution is -2.26. The average Bonchev–Trinajstić information content (AvgIpc) is 3.79. The van der Waals surface area contributed by atoms with Crippen LogP contribution in [0.3, 0.4) is 0 Å². The number of nitrogens with one attached hydrogen (secondary N) is 2. The fraction of sp³-hybridized carbons (Fsp3) is 0.325. The predicted octanol–water partition coefficient (Wildman–Crippen LogP) is 5.25. The number of nitrogens with two attached hydrogens (primary N) is 3. The number of hydrogen-bond acceptors (Lipinski definition) is 8. The number of aromatic amines is 1. The molecule has 8 N–H and O–H groups in total. The van der Waals surface area contributed by atoms with Crippen LogP contribution >= 0.6 is 0 Å². The van der Waals surface area contributed by atoms with Gasteiger partial charge in [0.05, 0.1) is 30.6 Å². The van der Waals surface area contributed by atoms with Crippen LogP contribution in [0.5, 0.6) is 5.75 Å². The average molecular weight is 770 g/mol. The van der Waals surface area contributed by atoms with Crippen LogP contribution in [0.25, 0.3) is 28.0 Å². The van der Waals surface area contributed by atoms with Gasteiger partial charge in [-0.15, -0.1) is 5.10 Å². The Morgan fingerprint density at radius 2 is 1.77 bits per heavy atom. The fourth-order valence-electron chi connectivity index (χ4n) is 6.49. The number of nitrogens with zero attached hydrogens (tertiary/aromatic N) is 6. The van der Waals surface area contributed by atoms with E-state index < -0.39 is 17.4 Å². The molecule has 2 atom stereocenters. The van der Waals surface area contributed by atoms with Crippen molar-refractivity contribution in [1.82, 2.24) is 34.8 Å². The third kappa shape index (κ3) is 10.4. The number of aromatic nitrogens is 6. The molecule has 0 unspecified atom stereocenters. The molecule has 0 amide bonds. The van der Waals surface area contributed by atoms with Gasteiger partial charge in [0.1, 0.15) is 11.4 Å². The summed E-state index contributed by atoms with van der Waals surface area (Å²) in [6.45, 7) is 3.52. The molecular formula is C40H46F3N11O2. The van der Waals surface area contributed by atoms with E-state index >= 15 is 0 Å². The number of hydrogen-bond donors (Lipinski definition) is 5. The molecule has 0 bridgehead atoms. The molecule has 56 heavy (non-hydrogen) atoms. The zero-order chi connectivity index (χ0) is 39.8. The summed E-state index contributed by atoms with van der Waals surface area (Å²) < 4.78 is 50.2. The molecule has 6 aromatic rings. The van der Waals surface area contributed by atoms with Gasteiger partial charge in [-0.25, -0.2) is 9.48 Å². The van der Waals surface area contributed by atoms with E-state index in [4.69, 9.17) is 21.9 Å². The molecule has 0 aliphatic heterocycles. The predicted molar refractivity (Wildman–Crippen MR) is 211 cm³/mol. The minimum atomic E-state index is -4.52. The Bertz CT molecular complexity index is 2310. The first-order valence-electron chi connectivity index (χ1n) is 18.3. The van der Waals surface area contributed by atoms with Crippen molar-refractivity contribution in [3.05, 3.63) is 124 Å². The van der Waals surface area contributed by atoms with Crippen molar-refractivity contribution >= 4 is 17.0 Å². The number of alkyl halides is 3. The summed E-state index contributed by atoms with van der Waals surface area (Å²) in [7, 11) is 1.63. The Kier molecular flexibility index (Phi) is 12.5. The molecule has 0 aliphatic rings. The number of aliphatic imine (C=N–C) groups is 1. The van der Waals surface area contributed by atoms with Crippen LogP contribution in [0, 0.1) is 0 Å². The third-order valence-electron chi connectivity index (χ3n) is 9.36. The number of rotatable bonds is 17. The first-order valence-corrected chi connectivity index (χ1v) is 18.3. The number of halogens is 3. The molecule has 3 aromatic carbocycles. The molecule has 0 fully saturated rings. The van der Waals surface area contributed by atoms with Gasteiger partial charge in [-0.3, -0.25) is 9.56 Å². The van der Waals surface area contributed by atoms with Gasteiger partial charge in [-0.1, -0.05) is 29.5 Å². The first-order chi connectivity index (χ1) is 26.8. The van der Waals surface area contributed by atoms with E-state index in [1.165, 1.54) is 10.6 Å². The Labute approximate surface area is 321 Å². The highest BCUT2D eigenvalue weighted by Crippen LogP contribution is 2.34. The summed E-state index contributed by atoms with van der Waals surface area (Å²) in [5.74, 6) is 0.818. The number of ether oxygens (including phenoxy) is 1. The molecule has 6 rings (SSSR count). The maximum absolute atomic E-state index is 13.9. The smallest absolute Gasteiger partial charge is 0.416 e. The van der Waals surface area contributed by atoms with Gasteiger partial charge < -0.3 is 32.2 Å². The Morgan fingerprint density at radius 3 is 2.46 bits per heavy atom. The quantitative estimate of drug-likeness (QED) is 0.0468. The number of H-pyrrole nitrogens is 1. The maximum Gasteiger partial charge on any atom is 0.416 e. The van der Waals surface area contributed by atoms with Gasteiger partial charge in [0.2, 0.25) is 0 Å². The lowest BCUT2D eigenvalue weighted by Gasteiger charge is -2.19. The highest BCUT2D eigenvalue weighted by molar-refractivity contribution is 5.83. The number of fused-ring (bicyclic) bond motifs is 1. The van der Waals surface area contributed by atoms with E-state index in [2.05, 4.69) is 30.6 Å². The van der Waals surface area contributed by atoms with Gasteiger partial charge in [0, 0.05) is 48.5 Å². The summed E-state index contributed by atoms with van der Waals surface area (Å²) in [6, 6.07) is 20.8. The van der Waals surface area contributed by atoms with Crippen LogP contribution in [0.1, 0.15) is 60.2 Å². The minimum absolute atomic E-state index is 0.0398. The van der Waals surface area contributed by atoms with E-state index in [0.29, 0.717) is 79.6 Å². The van der Waals surface area contributed by atoms with Crippen molar-refractivity contribution in [1.29, 1.82) is 0 Å². The van der Waals surface area contributed by atoms with E-state index in [1.807, 2.05) is 61.7 Å². The molecule has 0 aliphatic carbocycles. The molecule has 294 valence electrons. The molecular weight excluding hydrogens is 724 g/mol. The molecule has 0 spiro atoms. The van der Waals surface area contributed by atoms with Crippen LogP contribution in [-0.4, -0.2) is 61.7 Å². The van der Waals surface area contributed by atoms with Crippen molar-refractivity contribution in [2.24, 2.45) is 22.2 Å². The van der Waals surface area contributed by atoms with Crippen molar-refractivity contribution in [2.45, 2.75) is 63.8 Å². The minimum Gasteiger partial charge on any atom is -0.497 e. The standard InChI is InChI=1S/C40H46F3N11O2/c1-25(44)5-3-6-27-17-29(19-31(18-27)40(41,42)43)36-20-30-23-54(39(55)50-37(30)49-36)33-11-9-28(10-12-33)35(47-15-4-16-48-38(45)46)21-32-24-53(52-51-32)22-26-7-13-34(56-2)14-8-26/h7-14,17-20,23-25,35,47H,3-6,15-16,21-22,44H2,1-2H3,(H4,45,46,48)(H,49,50,55)/t25-,35-/m0/s1. The fourth-order valence-corrected chi connectivity index (χ4v) is 6.49. The van der Waals surface area contributed by atoms with E-state index in [0.717, 1.165) is 28.6 Å².